The number of carbonyl (C=O) groups excluding carboxylic acids is 2. The van der Waals surface area contributed by atoms with Gasteiger partial charge in [-0.1, -0.05) is 67.4 Å². The number of oxime groups is 1. The molecule has 4 aliphatic rings. The second-order valence-corrected chi connectivity index (χ2v) is 15.8. The topological polar surface area (TPSA) is 158 Å². The van der Waals surface area contributed by atoms with Crippen LogP contribution in [0.15, 0.2) is 78.0 Å². The van der Waals surface area contributed by atoms with E-state index in [9.17, 15) is 19.8 Å². The van der Waals surface area contributed by atoms with Crippen molar-refractivity contribution in [3.8, 4) is 11.5 Å². The van der Waals surface area contributed by atoms with E-state index in [-0.39, 0.29) is 50.6 Å². The largest absolute Gasteiger partial charge is 0.459 e. The van der Waals surface area contributed by atoms with Crippen LogP contribution in [0.25, 0.3) is 0 Å². The highest BCUT2D eigenvalue weighted by molar-refractivity contribution is 6.03. The highest BCUT2D eigenvalue weighted by Crippen LogP contribution is 2.62. The molecule has 2 aromatic carbocycles. The monoisotopic (exact) mass is 817 g/mol. The van der Waals surface area contributed by atoms with E-state index in [1.165, 1.54) is 0 Å². The van der Waals surface area contributed by atoms with E-state index in [4.69, 9.17) is 33.7 Å². The first kappa shape index (κ1) is 44.1. The summed E-state index contributed by atoms with van der Waals surface area (Å²) in [6, 6.07) is 14.3. The first-order valence-corrected chi connectivity index (χ1v) is 21.7. The molecule has 2 aliphatic heterocycles. The van der Waals surface area contributed by atoms with Crippen molar-refractivity contribution in [2.45, 2.75) is 115 Å². The Morgan fingerprint density at radius 2 is 1.85 bits per heavy atom. The first-order chi connectivity index (χ1) is 28.9. The summed E-state index contributed by atoms with van der Waals surface area (Å²) in [6.07, 6.45) is 10.4. The Morgan fingerprint density at radius 1 is 1.05 bits per heavy atom. The van der Waals surface area contributed by atoms with E-state index < -0.39 is 36.2 Å². The number of aliphatic hydroxyl groups is 2. The van der Waals surface area contributed by atoms with Crippen molar-refractivity contribution in [1.29, 1.82) is 0 Å². The summed E-state index contributed by atoms with van der Waals surface area (Å²) in [5.74, 6) is -1.24. The van der Waals surface area contributed by atoms with Crippen molar-refractivity contribution in [3.63, 3.8) is 0 Å². The average molecular weight is 818 g/mol. The van der Waals surface area contributed by atoms with E-state index in [0.29, 0.717) is 62.6 Å². The van der Waals surface area contributed by atoms with Gasteiger partial charge in [0, 0.05) is 50.6 Å². The lowest BCUT2D eigenvalue weighted by Gasteiger charge is -2.59. The lowest BCUT2D eigenvalue weighted by atomic mass is 9.55. The van der Waals surface area contributed by atoms with Crippen LogP contribution >= 0.6 is 0 Å². The predicted octanol–water partition coefficient (Wildman–Crippen LogP) is 8.00. The number of allylic oxidation sites excluding steroid dienone is 1. The molecule has 1 saturated carbocycles. The summed E-state index contributed by atoms with van der Waals surface area (Å²) in [6.45, 7) is 9.62. The Balaban J connectivity index is 1.55. The molecule has 322 valence electrons. The normalized spacial score (nSPS) is 26.4. The summed E-state index contributed by atoms with van der Waals surface area (Å²) in [4.78, 5) is 35.2. The maximum Gasteiger partial charge on any atom is 0.412 e. The number of benzene rings is 2. The van der Waals surface area contributed by atoms with Gasteiger partial charge in [-0.05, 0) is 93.0 Å². The van der Waals surface area contributed by atoms with Gasteiger partial charge in [0.1, 0.15) is 24.1 Å². The van der Waals surface area contributed by atoms with Gasteiger partial charge in [-0.25, -0.2) is 9.59 Å². The maximum atomic E-state index is 14.5. The minimum absolute atomic E-state index is 0.00956. The van der Waals surface area contributed by atoms with Crippen molar-refractivity contribution in [3.05, 3.63) is 84.0 Å². The molecule has 2 heterocycles. The molecule has 2 fully saturated rings. The molecule has 0 radical (unpaired) electrons. The van der Waals surface area contributed by atoms with Gasteiger partial charge in [-0.15, -0.1) is 6.58 Å². The van der Waals surface area contributed by atoms with Crippen molar-refractivity contribution in [2.75, 3.05) is 39.5 Å². The van der Waals surface area contributed by atoms with Gasteiger partial charge in [0.25, 0.3) is 0 Å². The fourth-order valence-electron chi connectivity index (χ4n) is 9.33. The smallest absolute Gasteiger partial charge is 0.412 e. The Kier molecular flexibility index (Phi) is 16.2. The number of nitrogens with one attached hydrogen (secondary N) is 1. The lowest BCUT2D eigenvalue weighted by Crippen LogP contribution is -2.70. The number of rotatable bonds is 20. The summed E-state index contributed by atoms with van der Waals surface area (Å²) >= 11 is 0. The molecule has 2 aromatic rings. The predicted molar refractivity (Wildman–Crippen MR) is 223 cm³/mol. The van der Waals surface area contributed by atoms with Crippen LogP contribution in [0, 0.1) is 17.8 Å². The summed E-state index contributed by atoms with van der Waals surface area (Å²) < 4.78 is 32.1. The number of carbonyl (C=O) groups is 2. The first-order valence-electron chi connectivity index (χ1n) is 21.7. The number of fused-ring (bicyclic) bond motifs is 2. The van der Waals surface area contributed by atoms with Crippen molar-refractivity contribution >= 4 is 17.9 Å². The number of hydrogen-bond donors (Lipinski definition) is 3. The van der Waals surface area contributed by atoms with Crippen LogP contribution in [-0.4, -0.2) is 90.6 Å². The second kappa shape index (κ2) is 21.7. The molecule has 1 saturated heterocycles. The molecule has 2 aliphatic carbocycles. The summed E-state index contributed by atoms with van der Waals surface area (Å²) in [5.41, 5.74) is 3.31. The molecule has 3 N–H and O–H groups in total. The van der Waals surface area contributed by atoms with Gasteiger partial charge >= 0.3 is 12.2 Å². The third kappa shape index (κ3) is 10.5. The molecule has 7 atom stereocenters. The molecular weight excluding hydrogens is 755 g/mol. The molecule has 13 nitrogen and oxygen atoms in total. The SMILES string of the molecule is C=CCO[C@@]12Oc3ccc(OC(=O)NCC)cc3[C@H]3[C@H](CCCCO)[C@@H](CCCCO)C=C(C(=NOC4CCCCO4)C[C@@H]1N(CCC)C(=O)OCc1ccccc1)[C@H]32. The Morgan fingerprint density at radius 3 is 2.56 bits per heavy atom. The zero-order valence-electron chi connectivity index (χ0n) is 34.7. The minimum atomic E-state index is -1.44. The number of aliphatic hydroxyl groups excluding tert-OH is 2. The lowest BCUT2D eigenvalue weighted by molar-refractivity contribution is -0.255. The molecule has 2 amide bonds. The van der Waals surface area contributed by atoms with Crippen LogP contribution in [-0.2, 0) is 25.7 Å². The van der Waals surface area contributed by atoms with Gasteiger partial charge in [0.05, 0.1) is 24.8 Å². The van der Waals surface area contributed by atoms with E-state index in [1.54, 1.807) is 17.0 Å². The zero-order chi connectivity index (χ0) is 41.6. The van der Waals surface area contributed by atoms with E-state index in [2.05, 4.69) is 18.0 Å². The van der Waals surface area contributed by atoms with Gasteiger partial charge in [-0.2, -0.15) is 0 Å². The molecule has 6 rings (SSSR count). The molecule has 1 unspecified atom stereocenters. The fraction of sp³-hybridized carbons (Fsp3) is 0.587. The molecule has 0 spiro atoms. The third-order valence-corrected chi connectivity index (χ3v) is 11.9. The van der Waals surface area contributed by atoms with Gasteiger partial charge in [0.15, 0.2) is 0 Å². The Hall–Kier alpha value is -4.43. The van der Waals surface area contributed by atoms with Crippen molar-refractivity contribution < 1.29 is 48.3 Å². The highest BCUT2D eigenvalue weighted by Gasteiger charge is 2.65. The Bertz CT molecular complexity index is 1750. The van der Waals surface area contributed by atoms with Crippen LogP contribution in [0.5, 0.6) is 11.5 Å². The van der Waals surface area contributed by atoms with Crippen molar-refractivity contribution in [2.24, 2.45) is 22.9 Å². The standard InChI is InChI=1S/C46H63N3O10/c1-4-23-49(45(53)55-31-32-16-8-7-9-17-32)40-30-38(48-59-41-20-12-15-27-54-41)36-28-33(18-10-13-24-50)35(19-11-14-25-51)42-37-29-34(57-44(52)47-6-3)21-22-39(37)58-46(40,43(36)42)56-26-5-2/h5,7-9,16-17,21-22,28-29,33,35,40-43,50-51H,2,4,6,10-15,18-20,23-27,30-31H2,1,3H3,(H,47,52)/t33-,35+,40-,41?,42+,43+,46+/m0/s1. The van der Waals surface area contributed by atoms with Crippen LogP contribution in [0.1, 0.15) is 102 Å². The van der Waals surface area contributed by atoms with Crippen molar-refractivity contribution in [1.82, 2.24) is 10.2 Å². The van der Waals surface area contributed by atoms with Gasteiger partial charge < -0.3 is 44.1 Å². The number of nitrogens with zero attached hydrogens (tertiary/aromatic N) is 2. The van der Waals surface area contributed by atoms with Crippen LogP contribution < -0.4 is 14.8 Å². The van der Waals surface area contributed by atoms with Gasteiger partial charge in [-0.3, -0.25) is 4.90 Å². The third-order valence-electron chi connectivity index (χ3n) is 11.9. The Labute approximate surface area is 348 Å². The van der Waals surface area contributed by atoms with E-state index >= 15 is 0 Å². The van der Waals surface area contributed by atoms with E-state index in [0.717, 1.165) is 55.2 Å². The fourth-order valence-corrected chi connectivity index (χ4v) is 9.33. The maximum absolute atomic E-state index is 14.5. The van der Waals surface area contributed by atoms with E-state index in [1.807, 2.05) is 56.3 Å². The quantitative estimate of drug-likeness (QED) is 0.0680. The van der Waals surface area contributed by atoms with Crippen LogP contribution in [0.3, 0.4) is 0 Å². The zero-order valence-corrected chi connectivity index (χ0v) is 34.7. The number of hydrogen-bond acceptors (Lipinski definition) is 11. The van der Waals surface area contributed by atoms with Crippen LogP contribution in [0.2, 0.25) is 0 Å². The average Bonchev–Trinajstić information content (AvgIpc) is 3.25. The molecule has 0 aromatic heterocycles. The number of ether oxygens (including phenoxy) is 5. The highest BCUT2D eigenvalue weighted by atomic mass is 16.8. The molecular formula is C46H63N3O10. The summed E-state index contributed by atoms with van der Waals surface area (Å²) in [5, 5.41) is 27.4. The van der Waals surface area contributed by atoms with Crippen LogP contribution in [0.4, 0.5) is 9.59 Å². The molecule has 0 bridgehead atoms. The number of amides is 2. The minimum Gasteiger partial charge on any atom is -0.459 e. The van der Waals surface area contributed by atoms with Gasteiger partial charge in [0.2, 0.25) is 12.1 Å². The second-order valence-electron chi connectivity index (χ2n) is 15.8. The molecule has 13 heteroatoms. The number of unbranched alkanes of at least 4 members (excludes halogenated alkanes) is 2. The molecule has 59 heavy (non-hydrogen) atoms. The summed E-state index contributed by atoms with van der Waals surface area (Å²) in [7, 11) is 0.